The van der Waals surface area contributed by atoms with Crippen molar-refractivity contribution in [3.8, 4) is 0 Å². The van der Waals surface area contributed by atoms with Crippen LogP contribution in [0.5, 0.6) is 0 Å². The van der Waals surface area contributed by atoms with E-state index >= 15 is 0 Å². The monoisotopic (exact) mass is 356 g/mol. The van der Waals surface area contributed by atoms with Crippen LogP contribution in [0, 0.1) is 5.92 Å². The van der Waals surface area contributed by atoms with Gasteiger partial charge in [0.1, 0.15) is 6.10 Å². The molecule has 3 nitrogen and oxygen atoms in total. The van der Waals surface area contributed by atoms with E-state index in [2.05, 4.69) is 45.7 Å². The van der Waals surface area contributed by atoms with Crippen LogP contribution < -0.4 is 0 Å². The molecule has 0 radical (unpaired) electrons. The average molecular weight is 358 g/mol. The van der Waals surface area contributed by atoms with Crippen LogP contribution in [0.2, 0.25) is 0 Å². The molecular weight excluding hydrogens is 340 g/mol. The first-order valence-corrected chi connectivity index (χ1v) is 6.86. The summed E-state index contributed by atoms with van der Waals surface area (Å²) in [5.41, 5.74) is -0.344. The number of hydrogen-bond acceptors (Lipinski definition) is 3. The lowest BCUT2D eigenvalue weighted by atomic mass is 9.85. The molecule has 0 N–H and O–H groups in total. The maximum Gasteiger partial charge on any atom is 0.184 e. The highest BCUT2D eigenvalue weighted by atomic mass is 79.9. The molecule has 2 unspecified atom stereocenters. The summed E-state index contributed by atoms with van der Waals surface area (Å²) in [6.07, 6.45) is 2.55. The predicted molar refractivity (Wildman–Crippen MR) is 70.8 cm³/mol. The predicted octanol–water partition coefficient (Wildman–Crippen LogP) is 3.42. The lowest BCUT2D eigenvalue weighted by Crippen LogP contribution is -2.34. The molecule has 0 aromatic rings. The minimum absolute atomic E-state index is 0.0412. The van der Waals surface area contributed by atoms with Crippen molar-refractivity contribution in [3.63, 3.8) is 0 Å². The van der Waals surface area contributed by atoms with Gasteiger partial charge in [-0.25, -0.2) is 0 Å². The van der Waals surface area contributed by atoms with Crippen molar-refractivity contribution in [3.05, 3.63) is 9.47 Å². The third-order valence-electron chi connectivity index (χ3n) is 3.28. The molecule has 0 bridgehead atoms. The molecule has 0 aliphatic carbocycles. The molecule has 1 aliphatic rings. The third kappa shape index (κ3) is 2.70. The van der Waals surface area contributed by atoms with Gasteiger partial charge in [0.15, 0.2) is 6.29 Å². The smallest absolute Gasteiger partial charge is 0.184 e. The van der Waals surface area contributed by atoms with Crippen molar-refractivity contribution in [2.75, 3.05) is 14.2 Å². The average Bonchev–Trinajstić information content (AvgIpc) is 2.51. The van der Waals surface area contributed by atoms with Crippen LogP contribution in [0.4, 0.5) is 0 Å². The molecule has 0 spiro atoms. The van der Waals surface area contributed by atoms with E-state index in [1.807, 2.05) is 6.08 Å². The Morgan fingerprint density at radius 1 is 1.38 bits per heavy atom. The Kier molecular flexibility index (Phi) is 5.45. The molecule has 0 saturated carbocycles. The summed E-state index contributed by atoms with van der Waals surface area (Å²) in [5.74, 6) is 0.234. The zero-order valence-electron chi connectivity index (χ0n) is 10.00. The molecule has 5 heteroatoms. The molecule has 1 aliphatic heterocycles. The van der Waals surface area contributed by atoms with Crippen molar-refractivity contribution in [2.24, 2.45) is 5.92 Å². The van der Waals surface area contributed by atoms with Gasteiger partial charge in [-0.2, -0.15) is 0 Å². The zero-order valence-corrected chi connectivity index (χ0v) is 13.2. The lowest BCUT2D eigenvalue weighted by Gasteiger charge is -2.28. The molecule has 0 aromatic carbocycles. The minimum atomic E-state index is -0.344. The number of halogens is 2. The summed E-state index contributed by atoms with van der Waals surface area (Å²) in [4.78, 5) is 0. The van der Waals surface area contributed by atoms with Crippen molar-refractivity contribution in [1.82, 2.24) is 0 Å². The van der Waals surface area contributed by atoms with Crippen LogP contribution in [-0.2, 0) is 14.2 Å². The highest BCUT2D eigenvalue weighted by Crippen LogP contribution is 2.43. The van der Waals surface area contributed by atoms with Crippen molar-refractivity contribution in [2.45, 2.75) is 38.3 Å². The second-order valence-corrected chi connectivity index (χ2v) is 6.73. The molecule has 16 heavy (non-hydrogen) atoms. The molecular formula is C11H18Br2O3. The summed E-state index contributed by atoms with van der Waals surface area (Å²) in [6, 6.07) is 0. The Balaban J connectivity index is 3.00. The summed E-state index contributed by atoms with van der Waals surface area (Å²) < 4.78 is 17.7. The second kappa shape index (κ2) is 5.96. The van der Waals surface area contributed by atoms with Gasteiger partial charge in [-0.1, -0.05) is 13.8 Å². The van der Waals surface area contributed by atoms with Gasteiger partial charge < -0.3 is 14.2 Å². The van der Waals surface area contributed by atoms with Gasteiger partial charge in [-0.05, 0) is 44.4 Å². The van der Waals surface area contributed by atoms with E-state index < -0.39 is 0 Å². The first-order valence-electron chi connectivity index (χ1n) is 5.28. The highest BCUT2D eigenvalue weighted by Gasteiger charge is 2.51. The molecule has 0 amide bonds. The SMILES string of the molecule is CC[C@@]1(C=C(Br)Br)O[C@@H](OC)C(OC)C1C. The van der Waals surface area contributed by atoms with E-state index in [4.69, 9.17) is 14.2 Å². The first-order chi connectivity index (χ1) is 7.50. The Morgan fingerprint density at radius 2 is 2.00 bits per heavy atom. The molecule has 1 rings (SSSR count). The zero-order chi connectivity index (χ0) is 12.3. The second-order valence-electron chi connectivity index (χ2n) is 3.95. The van der Waals surface area contributed by atoms with Crippen LogP contribution >= 0.6 is 31.9 Å². The molecule has 1 heterocycles. The topological polar surface area (TPSA) is 27.7 Å². The van der Waals surface area contributed by atoms with Gasteiger partial charge in [0.05, 0.1) is 8.99 Å². The van der Waals surface area contributed by atoms with Gasteiger partial charge >= 0.3 is 0 Å². The number of hydrogen-bond donors (Lipinski definition) is 0. The van der Waals surface area contributed by atoms with Crippen molar-refractivity contribution < 1.29 is 14.2 Å². The lowest BCUT2D eigenvalue weighted by molar-refractivity contribution is -0.170. The Hall–Kier alpha value is 0.580. The maximum atomic E-state index is 5.99. The fourth-order valence-corrected chi connectivity index (χ4v) is 3.03. The summed E-state index contributed by atoms with van der Waals surface area (Å²) in [5, 5.41) is 0. The van der Waals surface area contributed by atoms with Crippen molar-refractivity contribution in [1.29, 1.82) is 0 Å². The van der Waals surface area contributed by atoms with Gasteiger partial charge in [0.2, 0.25) is 0 Å². The molecule has 1 fully saturated rings. The number of rotatable bonds is 4. The minimum Gasteiger partial charge on any atom is -0.376 e. The van der Waals surface area contributed by atoms with Crippen LogP contribution in [0.15, 0.2) is 9.47 Å². The van der Waals surface area contributed by atoms with Crippen LogP contribution in [0.25, 0.3) is 0 Å². The Bertz CT molecular complexity index is 266. The quantitative estimate of drug-likeness (QED) is 0.771. The van der Waals surface area contributed by atoms with Gasteiger partial charge in [0, 0.05) is 20.1 Å². The Labute approximate surface area is 114 Å². The third-order valence-corrected chi connectivity index (χ3v) is 3.74. The fraction of sp³-hybridized carbons (Fsp3) is 0.818. The van der Waals surface area contributed by atoms with E-state index in [0.717, 1.165) is 9.81 Å². The number of methoxy groups -OCH3 is 2. The fourth-order valence-electron chi connectivity index (χ4n) is 2.26. The van der Waals surface area contributed by atoms with Crippen molar-refractivity contribution >= 4 is 31.9 Å². The highest BCUT2D eigenvalue weighted by molar-refractivity contribution is 9.28. The largest absolute Gasteiger partial charge is 0.376 e. The van der Waals surface area contributed by atoms with E-state index in [-0.39, 0.29) is 23.9 Å². The van der Waals surface area contributed by atoms with Gasteiger partial charge in [-0.15, -0.1) is 0 Å². The maximum absolute atomic E-state index is 5.99. The summed E-state index contributed by atoms with van der Waals surface area (Å²) in [6.45, 7) is 4.22. The van der Waals surface area contributed by atoms with E-state index in [1.165, 1.54) is 0 Å². The molecule has 1 saturated heterocycles. The van der Waals surface area contributed by atoms with Crippen LogP contribution in [0.3, 0.4) is 0 Å². The van der Waals surface area contributed by atoms with Crippen LogP contribution in [-0.4, -0.2) is 32.2 Å². The number of ether oxygens (including phenoxy) is 3. The standard InChI is InChI=1S/C11H18Br2O3/c1-5-11(6-8(12)13)7(2)9(14-3)10(15-4)16-11/h6-7,9-10H,5H2,1-4H3/t7?,9?,10-,11+/m1/s1. The van der Waals surface area contributed by atoms with E-state index in [0.29, 0.717) is 0 Å². The molecule has 94 valence electrons. The molecule has 0 aromatic heterocycles. The first kappa shape index (κ1) is 14.6. The van der Waals surface area contributed by atoms with Gasteiger partial charge in [0.25, 0.3) is 0 Å². The van der Waals surface area contributed by atoms with E-state index in [1.54, 1.807) is 14.2 Å². The van der Waals surface area contributed by atoms with Gasteiger partial charge in [-0.3, -0.25) is 0 Å². The Morgan fingerprint density at radius 3 is 2.31 bits per heavy atom. The van der Waals surface area contributed by atoms with Crippen LogP contribution in [0.1, 0.15) is 20.3 Å². The summed E-state index contributed by atoms with van der Waals surface area (Å²) in [7, 11) is 3.33. The normalized spacial score (nSPS) is 38.8. The molecule has 4 atom stereocenters. The summed E-state index contributed by atoms with van der Waals surface area (Å²) >= 11 is 6.78. The van der Waals surface area contributed by atoms with E-state index in [9.17, 15) is 0 Å².